The smallest absolute Gasteiger partial charge is 0.295 e. The molecule has 2 heterocycles. The van der Waals surface area contributed by atoms with E-state index in [1.54, 1.807) is 61.6 Å². The molecule has 7 nitrogen and oxygen atoms in total. The third kappa shape index (κ3) is 5.13. The number of unbranched alkanes of at least 4 members (excludes halogenated alkanes) is 3. The second-order valence-electron chi connectivity index (χ2n) is 9.41. The summed E-state index contributed by atoms with van der Waals surface area (Å²) < 4.78 is 23.8. The lowest BCUT2D eigenvalue weighted by atomic mass is 9.97. The molecule has 0 saturated heterocycles. The number of methoxy groups -OCH3 is 2. The highest BCUT2D eigenvalue weighted by atomic mass is 79.9. The fourth-order valence-corrected chi connectivity index (χ4v) is 5.32. The first kappa shape index (κ1) is 26.8. The van der Waals surface area contributed by atoms with E-state index in [0.717, 1.165) is 23.7 Å². The van der Waals surface area contributed by atoms with Gasteiger partial charge in [0.15, 0.2) is 16.9 Å². The molecular formula is C31H30BrNO6. The van der Waals surface area contributed by atoms with Crippen molar-refractivity contribution in [2.45, 2.75) is 38.6 Å². The number of benzene rings is 3. The van der Waals surface area contributed by atoms with Crippen LogP contribution in [0.25, 0.3) is 11.0 Å². The maximum Gasteiger partial charge on any atom is 0.295 e. The first-order valence-corrected chi connectivity index (χ1v) is 13.8. The minimum atomic E-state index is -0.729. The number of carbonyl (C=O) groups excluding carboxylic acids is 1. The third-order valence-corrected chi connectivity index (χ3v) is 7.43. The zero-order valence-electron chi connectivity index (χ0n) is 22.2. The molecule has 0 fully saturated rings. The van der Waals surface area contributed by atoms with E-state index in [1.165, 1.54) is 6.42 Å². The molecule has 3 aromatic carbocycles. The Balaban J connectivity index is 1.62. The van der Waals surface area contributed by atoms with E-state index in [1.807, 2.05) is 18.2 Å². The number of nitrogens with zero attached hydrogens (tertiary/aromatic N) is 1. The van der Waals surface area contributed by atoms with Crippen LogP contribution < -0.4 is 24.5 Å². The van der Waals surface area contributed by atoms with Crippen molar-refractivity contribution in [1.29, 1.82) is 0 Å². The van der Waals surface area contributed by atoms with Crippen LogP contribution in [-0.2, 0) is 0 Å². The Morgan fingerprint density at radius 2 is 1.69 bits per heavy atom. The highest BCUT2D eigenvalue weighted by Gasteiger charge is 2.44. The van der Waals surface area contributed by atoms with Crippen LogP contribution in [-0.4, -0.2) is 26.7 Å². The van der Waals surface area contributed by atoms with Crippen molar-refractivity contribution in [3.8, 4) is 17.2 Å². The van der Waals surface area contributed by atoms with Gasteiger partial charge in [0.25, 0.3) is 5.91 Å². The number of amides is 1. The average Bonchev–Trinajstić information content (AvgIpc) is 3.25. The van der Waals surface area contributed by atoms with E-state index < -0.39 is 11.9 Å². The van der Waals surface area contributed by atoms with Crippen molar-refractivity contribution in [3.05, 3.63) is 92.2 Å². The summed E-state index contributed by atoms with van der Waals surface area (Å²) >= 11 is 3.44. The predicted molar refractivity (Wildman–Crippen MR) is 154 cm³/mol. The monoisotopic (exact) mass is 591 g/mol. The summed E-state index contributed by atoms with van der Waals surface area (Å²) in [5, 5.41) is 0.400. The summed E-state index contributed by atoms with van der Waals surface area (Å²) in [6, 6.07) is 17.1. The molecule has 8 heteroatoms. The molecule has 0 spiro atoms. The van der Waals surface area contributed by atoms with Gasteiger partial charge in [-0.3, -0.25) is 14.5 Å². The van der Waals surface area contributed by atoms with Crippen molar-refractivity contribution in [2.75, 3.05) is 25.7 Å². The Hall–Kier alpha value is -3.78. The SMILES string of the molecule is CCCCCCOc1ccc(C2c3c(oc4ccc(Br)cc4c3=O)C(=O)N2c2ccc(OC)cc2)cc1OC. The summed E-state index contributed by atoms with van der Waals surface area (Å²) in [6.45, 7) is 2.76. The molecule has 1 aliphatic rings. The second kappa shape index (κ2) is 11.5. The summed E-state index contributed by atoms with van der Waals surface area (Å²) in [5.41, 5.74) is 1.70. The quantitative estimate of drug-likeness (QED) is 0.180. The molecular weight excluding hydrogens is 562 g/mol. The Morgan fingerprint density at radius 1 is 0.897 bits per heavy atom. The number of ether oxygens (including phenoxy) is 3. The molecule has 1 unspecified atom stereocenters. The van der Waals surface area contributed by atoms with Crippen LogP contribution in [0.15, 0.2) is 74.3 Å². The molecule has 0 radical (unpaired) electrons. The molecule has 1 aromatic heterocycles. The molecule has 4 aromatic rings. The molecule has 0 saturated carbocycles. The van der Waals surface area contributed by atoms with Gasteiger partial charge in [0.05, 0.1) is 37.8 Å². The van der Waals surface area contributed by atoms with E-state index in [-0.39, 0.29) is 16.8 Å². The highest BCUT2D eigenvalue weighted by molar-refractivity contribution is 9.10. The van der Waals surface area contributed by atoms with Crippen LogP contribution in [0.4, 0.5) is 5.69 Å². The molecule has 1 atom stereocenters. The number of hydrogen-bond donors (Lipinski definition) is 0. The molecule has 0 aliphatic carbocycles. The second-order valence-corrected chi connectivity index (χ2v) is 10.3. The van der Waals surface area contributed by atoms with Crippen molar-refractivity contribution in [3.63, 3.8) is 0 Å². The van der Waals surface area contributed by atoms with Gasteiger partial charge in [0, 0.05) is 10.2 Å². The van der Waals surface area contributed by atoms with Crippen LogP contribution in [0.1, 0.15) is 60.3 Å². The molecule has 1 amide bonds. The fraction of sp³-hybridized carbons (Fsp3) is 0.290. The summed E-state index contributed by atoms with van der Waals surface area (Å²) in [5.74, 6) is 1.45. The van der Waals surface area contributed by atoms with Gasteiger partial charge in [0.2, 0.25) is 5.76 Å². The normalized spacial score (nSPS) is 14.5. The Morgan fingerprint density at radius 3 is 2.41 bits per heavy atom. The van der Waals surface area contributed by atoms with Crippen LogP contribution in [0.5, 0.6) is 17.2 Å². The number of anilines is 1. The maximum atomic E-state index is 13.9. The molecule has 39 heavy (non-hydrogen) atoms. The number of halogens is 1. The standard InChI is InChI=1S/C31H30BrNO6/c1-4-5-6-7-16-38-25-14-8-19(17-26(25)37-3)28-27-29(34)23-18-20(32)9-15-24(23)39-30(27)31(35)33(28)21-10-12-22(36-2)13-11-21/h8-15,17-18,28H,4-7,16H2,1-3H3. The molecule has 5 rings (SSSR count). The van der Waals surface area contributed by atoms with Gasteiger partial charge in [-0.1, -0.05) is 48.2 Å². The minimum absolute atomic E-state index is 0.0332. The first-order valence-electron chi connectivity index (χ1n) is 13.0. The van der Waals surface area contributed by atoms with Gasteiger partial charge in [-0.05, 0) is 66.6 Å². The molecule has 202 valence electrons. The lowest BCUT2D eigenvalue weighted by molar-refractivity contribution is 0.0971. The van der Waals surface area contributed by atoms with Gasteiger partial charge in [-0.15, -0.1) is 0 Å². The van der Waals surface area contributed by atoms with E-state index >= 15 is 0 Å². The molecule has 1 aliphatic heterocycles. The largest absolute Gasteiger partial charge is 0.497 e. The zero-order valence-corrected chi connectivity index (χ0v) is 23.7. The summed E-state index contributed by atoms with van der Waals surface area (Å²) in [4.78, 5) is 29.3. The minimum Gasteiger partial charge on any atom is -0.497 e. The highest BCUT2D eigenvalue weighted by Crippen LogP contribution is 2.43. The lowest BCUT2D eigenvalue weighted by Gasteiger charge is -2.26. The number of rotatable bonds is 10. The van der Waals surface area contributed by atoms with E-state index in [4.69, 9.17) is 18.6 Å². The van der Waals surface area contributed by atoms with Crippen LogP contribution >= 0.6 is 15.9 Å². The number of carbonyl (C=O) groups is 1. The van der Waals surface area contributed by atoms with Gasteiger partial charge in [0.1, 0.15) is 11.3 Å². The van der Waals surface area contributed by atoms with E-state index in [2.05, 4.69) is 22.9 Å². The van der Waals surface area contributed by atoms with Crippen molar-refractivity contribution in [1.82, 2.24) is 0 Å². The number of hydrogen-bond acceptors (Lipinski definition) is 6. The van der Waals surface area contributed by atoms with Gasteiger partial charge < -0.3 is 18.6 Å². The van der Waals surface area contributed by atoms with E-state index in [0.29, 0.717) is 46.1 Å². The van der Waals surface area contributed by atoms with Crippen molar-refractivity contribution in [2.24, 2.45) is 0 Å². The van der Waals surface area contributed by atoms with Crippen LogP contribution in [0, 0.1) is 0 Å². The summed E-state index contributed by atoms with van der Waals surface area (Å²) in [7, 11) is 3.16. The molecule has 0 N–H and O–H groups in total. The van der Waals surface area contributed by atoms with Crippen LogP contribution in [0.2, 0.25) is 0 Å². The lowest BCUT2D eigenvalue weighted by Crippen LogP contribution is -2.29. The molecule has 0 bridgehead atoms. The third-order valence-electron chi connectivity index (χ3n) is 6.94. The van der Waals surface area contributed by atoms with Gasteiger partial charge in [-0.2, -0.15) is 0 Å². The maximum absolute atomic E-state index is 13.9. The topological polar surface area (TPSA) is 78.2 Å². The van der Waals surface area contributed by atoms with Crippen molar-refractivity contribution < 1.29 is 23.4 Å². The Labute approximate surface area is 235 Å². The van der Waals surface area contributed by atoms with Crippen LogP contribution in [0.3, 0.4) is 0 Å². The van der Waals surface area contributed by atoms with Crippen molar-refractivity contribution >= 4 is 38.5 Å². The Kier molecular flexibility index (Phi) is 7.93. The summed E-state index contributed by atoms with van der Waals surface area (Å²) in [6.07, 6.45) is 4.39. The van der Waals surface area contributed by atoms with E-state index in [9.17, 15) is 9.59 Å². The van der Waals surface area contributed by atoms with Gasteiger partial charge >= 0.3 is 0 Å². The fourth-order valence-electron chi connectivity index (χ4n) is 4.95. The Bertz CT molecular complexity index is 1560. The number of fused-ring (bicyclic) bond motifs is 2. The average molecular weight is 592 g/mol. The first-order chi connectivity index (χ1) is 19.0. The van der Waals surface area contributed by atoms with Gasteiger partial charge in [-0.25, -0.2) is 0 Å². The zero-order chi connectivity index (χ0) is 27.5. The predicted octanol–water partition coefficient (Wildman–Crippen LogP) is 7.28.